The summed E-state index contributed by atoms with van der Waals surface area (Å²) in [5, 5.41) is 0. The number of nitrogen functional groups attached to an aromatic ring is 1. The molecule has 112 valence electrons. The number of carbonyl (C=O) groups is 1. The van der Waals surface area contributed by atoms with Crippen LogP contribution in [0.2, 0.25) is 0 Å². The van der Waals surface area contributed by atoms with Gasteiger partial charge in [-0.2, -0.15) is 0 Å². The van der Waals surface area contributed by atoms with Crippen molar-refractivity contribution in [2.24, 2.45) is 5.92 Å². The van der Waals surface area contributed by atoms with Gasteiger partial charge in [-0.3, -0.25) is 4.79 Å². The van der Waals surface area contributed by atoms with E-state index in [1.165, 1.54) is 6.07 Å². The summed E-state index contributed by atoms with van der Waals surface area (Å²) in [6.45, 7) is 8.99. The van der Waals surface area contributed by atoms with Crippen molar-refractivity contribution in [1.29, 1.82) is 0 Å². The van der Waals surface area contributed by atoms with Crippen molar-refractivity contribution in [3.05, 3.63) is 29.1 Å². The Morgan fingerprint density at radius 2 is 1.90 bits per heavy atom. The van der Waals surface area contributed by atoms with Crippen LogP contribution in [0.5, 0.6) is 0 Å². The van der Waals surface area contributed by atoms with E-state index in [0.29, 0.717) is 30.3 Å². The molecule has 0 fully saturated rings. The third-order valence-electron chi connectivity index (χ3n) is 3.81. The minimum atomic E-state index is -0.466. The van der Waals surface area contributed by atoms with Gasteiger partial charge in [0.15, 0.2) is 0 Å². The van der Waals surface area contributed by atoms with E-state index in [1.54, 1.807) is 17.9 Å². The SMILES string of the molecule is CCC(CC)CN(CC)C(=O)c1cc(N)cc(C)c1F. The van der Waals surface area contributed by atoms with E-state index in [2.05, 4.69) is 13.8 Å². The second kappa shape index (κ2) is 7.27. The summed E-state index contributed by atoms with van der Waals surface area (Å²) in [6, 6.07) is 2.98. The number of halogens is 1. The first-order valence-corrected chi connectivity index (χ1v) is 7.29. The lowest BCUT2D eigenvalue weighted by Gasteiger charge is -2.26. The third-order valence-corrected chi connectivity index (χ3v) is 3.81. The molecular formula is C16H25FN2O. The molecule has 0 saturated heterocycles. The first-order chi connectivity index (χ1) is 9.44. The van der Waals surface area contributed by atoms with Gasteiger partial charge < -0.3 is 10.6 Å². The molecule has 1 aromatic carbocycles. The first kappa shape index (κ1) is 16.5. The zero-order chi connectivity index (χ0) is 15.3. The van der Waals surface area contributed by atoms with Gasteiger partial charge >= 0.3 is 0 Å². The van der Waals surface area contributed by atoms with Crippen molar-refractivity contribution in [2.75, 3.05) is 18.8 Å². The number of hydrogen-bond donors (Lipinski definition) is 1. The number of nitrogens with zero attached hydrogens (tertiary/aromatic N) is 1. The lowest BCUT2D eigenvalue weighted by molar-refractivity contribution is 0.0730. The molecule has 0 radical (unpaired) electrons. The molecule has 2 N–H and O–H groups in total. The number of benzene rings is 1. The van der Waals surface area contributed by atoms with Gasteiger partial charge in [0, 0.05) is 18.8 Å². The van der Waals surface area contributed by atoms with Crippen LogP contribution >= 0.6 is 0 Å². The molecule has 0 aliphatic rings. The molecular weight excluding hydrogens is 255 g/mol. The van der Waals surface area contributed by atoms with Crippen LogP contribution in [-0.2, 0) is 0 Å². The molecule has 0 bridgehead atoms. The van der Waals surface area contributed by atoms with Crippen molar-refractivity contribution in [3.8, 4) is 0 Å². The van der Waals surface area contributed by atoms with E-state index in [-0.39, 0.29) is 11.5 Å². The smallest absolute Gasteiger partial charge is 0.256 e. The van der Waals surface area contributed by atoms with Crippen LogP contribution in [0.3, 0.4) is 0 Å². The number of nitrogens with two attached hydrogens (primary N) is 1. The Morgan fingerprint density at radius 1 is 1.30 bits per heavy atom. The molecule has 1 aromatic rings. The molecule has 0 heterocycles. The van der Waals surface area contributed by atoms with E-state index >= 15 is 0 Å². The lowest BCUT2D eigenvalue weighted by atomic mass is 10.0. The highest BCUT2D eigenvalue weighted by atomic mass is 19.1. The quantitative estimate of drug-likeness (QED) is 0.809. The van der Waals surface area contributed by atoms with E-state index < -0.39 is 5.82 Å². The van der Waals surface area contributed by atoms with Crippen molar-refractivity contribution in [3.63, 3.8) is 0 Å². The fourth-order valence-corrected chi connectivity index (χ4v) is 2.34. The molecule has 0 aliphatic carbocycles. The molecule has 1 amide bonds. The maximum absolute atomic E-state index is 14.1. The Bertz CT molecular complexity index is 470. The summed E-state index contributed by atoms with van der Waals surface area (Å²) in [7, 11) is 0. The Kier molecular flexibility index (Phi) is 5.99. The van der Waals surface area contributed by atoms with E-state index in [9.17, 15) is 9.18 Å². The Balaban J connectivity index is 3.02. The third kappa shape index (κ3) is 3.71. The zero-order valence-electron chi connectivity index (χ0n) is 12.9. The highest BCUT2D eigenvalue weighted by molar-refractivity contribution is 5.95. The Morgan fingerprint density at radius 3 is 2.40 bits per heavy atom. The molecule has 0 aromatic heterocycles. The average molecular weight is 280 g/mol. The van der Waals surface area contributed by atoms with Crippen LogP contribution in [-0.4, -0.2) is 23.9 Å². The predicted molar refractivity (Wildman–Crippen MR) is 81.2 cm³/mol. The summed E-state index contributed by atoms with van der Waals surface area (Å²) in [6.07, 6.45) is 2.03. The van der Waals surface area contributed by atoms with Gasteiger partial charge in [0.1, 0.15) is 5.82 Å². The number of carbonyl (C=O) groups excluding carboxylic acids is 1. The van der Waals surface area contributed by atoms with Crippen LogP contribution in [0.1, 0.15) is 49.5 Å². The van der Waals surface area contributed by atoms with Crippen LogP contribution in [0, 0.1) is 18.7 Å². The number of rotatable bonds is 6. The average Bonchev–Trinajstić information content (AvgIpc) is 2.43. The van der Waals surface area contributed by atoms with Gasteiger partial charge in [0.05, 0.1) is 5.56 Å². The highest BCUT2D eigenvalue weighted by Gasteiger charge is 2.21. The number of amides is 1. The monoisotopic (exact) mass is 280 g/mol. The second-order valence-corrected chi connectivity index (χ2v) is 5.23. The highest BCUT2D eigenvalue weighted by Crippen LogP contribution is 2.20. The normalized spacial score (nSPS) is 10.9. The molecule has 0 saturated carbocycles. The maximum atomic E-state index is 14.1. The summed E-state index contributed by atoms with van der Waals surface area (Å²) in [5.74, 6) is -0.288. The molecule has 3 nitrogen and oxygen atoms in total. The van der Waals surface area contributed by atoms with Crippen LogP contribution in [0.15, 0.2) is 12.1 Å². The van der Waals surface area contributed by atoms with Gasteiger partial charge in [-0.05, 0) is 37.5 Å². The zero-order valence-corrected chi connectivity index (χ0v) is 12.9. The van der Waals surface area contributed by atoms with Gasteiger partial charge in [0.2, 0.25) is 0 Å². The van der Waals surface area contributed by atoms with Gasteiger partial charge in [-0.15, -0.1) is 0 Å². The number of aryl methyl sites for hydroxylation is 1. The minimum absolute atomic E-state index is 0.0790. The molecule has 0 spiro atoms. The van der Waals surface area contributed by atoms with Gasteiger partial charge in [-0.25, -0.2) is 4.39 Å². The molecule has 1 rings (SSSR count). The van der Waals surface area contributed by atoms with Gasteiger partial charge in [-0.1, -0.05) is 26.7 Å². The van der Waals surface area contributed by atoms with Crippen LogP contribution in [0.4, 0.5) is 10.1 Å². The summed E-state index contributed by atoms with van der Waals surface area (Å²) in [5.41, 5.74) is 6.63. The Hall–Kier alpha value is -1.58. The molecule has 4 heteroatoms. The standard InChI is InChI=1S/C16H25FN2O/c1-5-12(6-2)10-19(7-3)16(20)14-9-13(18)8-11(4)15(14)17/h8-9,12H,5-7,10,18H2,1-4H3. The molecule has 20 heavy (non-hydrogen) atoms. The lowest BCUT2D eigenvalue weighted by Crippen LogP contribution is -2.35. The minimum Gasteiger partial charge on any atom is -0.399 e. The predicted octanol–water partition coefficient (Wildman–Crippen LogP) is 3.61. The van der Waals surface area contributed by atoms with Crippen molar-refractivity contribution >= 4 is 11.6 Å². The first-order valence-electron chi connectivity index (χ1n) is 7.29. The van der Waals surface area contributed by atoms with Crippen LogP contribution in [0.25, 0.3) is 0 Å². The fraction of sp³-hybridized carbons (Fsp3) is 0.562. The Labute approximate surface area is 121 Å². The van der Waals surface area contributed by atoms with Crippen molar-refractivity contribution < 1.29 is 9.18 Å². The van der Waals surface area contributed by atoms with Crippen molar-refractivity contribution in [1.82, 2.24) is 4.90 Å². The van der Waals surface area contributed by atoms with E-state index in [1.807, 2.05) is 6.92 Å². The maximum Gasteiger partial charge on any atom is 0.256 e. The topological polar surface area (TPSA) is 46.3 Å². The second-order valence-electron chi connectivity index (χ2n) is 5.23. The number of hydrogen-bond acceptors (Lipinski definition) is 2. The fourth-order valence-electron chi connectivity index (χ4n) is 2.34. The van der Waals surface area contributed by atoms with Gasteiger partial charge in [0.25, 0.3) is 5.91 Å². The van der Waals surface area contributed by atoms with E-state index in [4.69, 9.17) is 5.73 Å². The van der Waals surface area contributed by atoms with Crippen molar-refractivity contribution in [2.45, 2.75) is 40.5 Å². The number of anilines is 1. The summed E-state index contributed by atoms with van der Waals surface area (Å²) >= 11 is 0. The summed E-state index contributed by atoms with van der Waals surface area (Å²) < 4.78 is 14.1. The largest absolute Gasteiger partial charge is 0.399 e. The van der Waals surface area contributed by atoms with E-state index in [0.717, 1.165) is 12.8 Å². The molecule has 0 aliphatic heterocycles. The van der Waals surface area contributed by atoms with Crippen LogP contribution < -0.4 is 5.73 Å². The summed E-state index contributed by atoms with van der Waals surface area (Å²) in [4.78, 5) is 14.2. The molecule has 0 unspecified atom stereocenters. The molecule has 0 atom stereocenters.